The lowest BCUT2D eigenvalue weighted by molar-refractivity contribution is -0.132. The number of nitrogens with zero attached hydrogens (tertiary/aromatic N) is 2. The van der Waals surface area contributed by atoms with Crippen LogP contribution >= 0.6 is 11.6 Å². The summed E-state index contributed by atoms with van der Waals surface area (Å²) in [6.45, 7) is 2.96. The molecule has 1 heterocycles. The number of carbonyl (C=O) groups is 2. The molecule has 178 valence electrons. The van der Waals surface area contributed by atoms with Gasteiger partial charge in [0, 0.05) is 43.2 Å². The molecule has 0 spiro atoms. The largest absolute Gasteiger partial charge is 0.493 e. The first-order chi connectivity index (χ1) is 15.7. The Hall–Kier alpha value is -2.62. The van der Waals surface area contributed by atoms with Crippen molar-refractivity contribution in [1.29, 1.82) is 0 Å². The fourth-order valence-electron chi connectivity index (χ4n) is 3.50. The molecule has 0 saturated carbocycles. The average Bonchev–Trinajstić information content (AvgIpc) is 2.82. The molecule has 8 nitrogen and oxygen atoms in total. The first-order valence-corrected chi connectivity index (χ1v) is 12.4. The quantitative estimate of drug-likeness (QED) is 0.392. The van der Waals surface area contributed by atoms with E-state index in [-0.39, 0.29) is 36.1 Å². The topological polar surface area (TPSA) is 93.2 Å². The van der Waals surface area contributed by atoms with Crippen LogP contribution in [0.5, 0.6) is 11.5 Å². The van der Waals surface area contributed by atoms with Crippen molar-refractivity contribution in [2.45, 2.75) is 24.7 Å². The molecule has 0 radical (unpaired) electrons. The lowest BCUT2D eigenvalue weighted by Crippen LogP contribution is -2.50. The smallest absolute Gasteiger partial charge is 0.243 e. The number of Topliss-reactive ketones (excluding diaryl/α,β-unsaturated/α-hetero) is 1. The van der Waals surface area contributed by atoms with E-state index in [1.54, 1.807) is 35.2 Å². The highest BCUT2D eigenvalue weighted by Gasteiger charge is 2.29. The van der Waals surface area contributed by atoms with E-state index >= 15 is 0 Å². The van der Waals surface area contributed by atoms with Crippen LogP contribution in [-0.4, -0.2) is 69.2 Å². The number of carbonyl (C=O) groups excluding carboxylic acids is 2. The number of hydrogen-bond acceptors (Lipinski definition) is 6. The first kappa shape index (κ1) is 25.0. The van der Waals surface area contributed by atoms with Gasteiger partial charge < -0.3 is 14.4 Å². The molecule has 0 bridgehead atoms. The lowest BCUT2D eigenvalue weighted by Gasteiger charge is -2.34. The number of ether oxygens (including phenoxy) is 2. The van der Waals surface area contributed by atoms with Gasteiger partial charge in [0.25, 0.3) is 0 Å². The molecule has 0 unspecified atom stereocenters. The van der Waals surface area contributed by atoms with Gasteiger partial charge >= 0.3 is 0 Å². The van der Waals surface area contributed by atoms with Gasteiger partial charge in [-0.15, -0.1) is 0 Å². The zero-order valence-electron chi connectivity index (χ0n) is 18.6. The summed E-state index contributed by atoms with van der Waals surface area (Å²) >= 11 is 5.84. The second kappa shape index (κ2) is 11.0. The summed E-state index contributed by atoms with van der Waals surface area (Å²) in [6.07, 6.45) is 0.789. The number of hydrogen-bond donors (Lipinski definition) is 0. The third-order valence-corrected chi connectivity index (χ3v) is 7.57. The van der Waals surface area contributed by atoms with Crippen LogP contribution in [0.1, 0.15) is 30.1 Å². The van der Waals surface area contributed by atoms with Gasteiger partial charge in [-0.3, -0.25) is 9.59 Å². The van der Waals surface area contributed by atoms with Crippen molar-refractivity contribution in [1.82, 2.24) is 9.21 Å². The molecule has 1 fully saturated rings. The van der Waals surface area contributed by atoms with Gasteiger partial charge in [0.15, 0.2) is 17.3 Å². The van der Waals surface area contributed by atoms with Gasteiger partial charge in [0.1, 0.15) is 0 Å². The fraction of sp³-hybridized carbons (Fsp3) is 0.391. The molecular formula is C23H27ClN2O6S. The van der Waals surface area contributed by atoms with Crippen molar-refractivity contribution in [3.8, 4) is 11.5 Å². The van der Waals surface area contributed by atoms with Crippen LogP contribution in [0.15, 0.2) is 47.4 Å². The molecular weight excluding hydrogens is 468 g/mol. The molecule has 2 aromatic rings. The van der Waals surface area contributed by atoms with Crippen LogP contribution in [0.25, 0.3) is 0 Å². The number of amides is 1. The highest BCUT2D eigenvalue weighted by atomic mass is 35.5. The van der Waals surface area contributed by atoms with Crippen LogP contribution in [-0.2, 0) is 14.8 Å². The summed E-state index contributed by atoms with van der Waals surface area (Å²) in [5.41, 5.74) is 0.534. The number of methoxy groups -OCH3 is 1. The third-order valence-electron chi connectivity index (χ3n) is 5.41. The molecule has 0 aliphatic carbocycles. The van der Waals surface area contributed by atoms with Gasteiger partial charge in [-0.1, -0.05) is 11.6 Å². The Kier molecular flexibility index (Phi) is 8.34. The van der Waals surface area contributed by atoms with Crippen LogP contribution in [0.4, 0.5) is 0 Å². The van der Waals surface area contributed by atoms with E-state index in [4.69, 9.17) is 21.1 Å². The SMILES string of the molecule is COc1cc(C(C)=O)ccc1OCCCC(=O)N1CCN(S(=O)(=O)c2ccc(Cl)cc2)CC1. The minimum absolute atomic E-state index is 0.0407. The van der Waals surface area contributed by atoms with E-state index < -0.39 is 10.0 Å². The maximum Gasteiger partial charge on any atom is 0.243 e. The fourth-order valence-corrected chi connectivity index (χ4v) is 5.05. The Labute approximate surface area is 199 Å². The first-order valence-electron chi connectivity index (χ1n) is 10.6. The van der Waals surface area contributed by atoms with Gasteiger partial charge in [-0.05, 0) is 55.8 Å². The summed E-state index contributed by atoms with van der Waals surface area (Å²) in [6, 6.07) is 11.0. The maximum atomic E-state index is 12.8. The normalized spacial score (nSPS) is 14.7. The summed E-state index contributed by atoms with van der Waals surface area (Å²) in [5, 5.41) is 0.472. The highest BCUT2D eigenvalue weighted by molar-refractivity contribution is 7.89. The summed E-state index contributed by atoms with van der Waals surface area (Å²) in [7, 11) is -2.11. The van der Waals surface area contributed by atoms with E-state index in [2.05, 4.69) is 0 Å². The molecule has 1 amide bonds. The highest BCUT2D eigenvalue weighted by Crippen LogP contribution is 2.28. The molecule has 1 aliphatic rings. The van der Waals surface area contributed by atoms with Crippen molar-refractivity contribution in [2.24, 2.45) is 0 Å². The Balaban J connectivity index is 1.45. The minimum Gasteiger partial charge on any atom is -0.493 e. The van der Waals surface area contributed by atoms with Crippen molar-refractivity contribution >= 4 is 33.3 Å². The Bertz CT molecular complexity index is 1100. The number of halogens is 1. The van der Waals surface area contributed by atoms with E-state index in [1.807, 2.05) is 0 Å². The zero-order valence-corrected chi connectivity index (χ0v) is 20.2. The van der Waals surface area contributed by atoms with Crippen molar-refractivity contribution in [3.05, 3.63) is 53.1 Å². The average molecular weight is 495 g/mol. The standard InChI is InChI=1S/C23H27ClN2O6S/c1-17(27)18-5-10-21(22(16-18)31-2)32-15-3-4-23(28)25-11-13-26(14-12-25)33(29,30)20-8-6-19(24)7-9-20/h5-10,16H,3-4,11-15H2,1-2H3. The second-order valence-electron chi connectivity index (χ2n) is 7.61. The number of ketones is 1. The summed E-state index contributed by atoms with van der Waals surface area (Å²) in [5.74, 6) is 0.871. The predicted molar refractivity (Wildman–Crippen MR) is 125 cm³/mol. The molecule has 3 rings (SSSR count). The van der Waals surface area contributed by atoms with E-state index in [0.717, 1.165) is 0 Å². The lowest BCUT2D eigenvalue weighted by atomic mass is 10.1. The van der Waals surface area contributed by atoms with Gasteiger partial charge in [0.2, 0.25) is 15.9 Å². The number of sulfonamides is 1. The van der Waals surface area contributed by atoms with E-state index in [1.165, 1.54) is 30.5 Å². The molecule has 10 heteroatoms. The van der Waals surface area contributed by atoms with Crippen LogP contribution in [0.3, 0.4) is 0 Å². The summed E-state index contributed by atoms with van der Waals surface area (Å²) < 4.78 is 37.9. The molecule has 33 heavy (non-hydrogen) atoms. The molecule has 0 atom stereocenters. The molecule has 2 aromatic carbocycles. The van der Waals surface area contributed by atoms with E-state index in [9.17, 15) is 18.0 Å². The minimum atomic E-state index is -3.61. The predicted octanol–water partition coefficient (Wildman–Crippen LogP) is 3.24. The van der Waals surface area contributed by atoms with Crippen LogP contribution in [0.2, 0.25) is 5.02 Å². The summed E-state index contributed by atoms with van der Waals surface area (Å²) in [4.78, 5) is 25.9. The second-order valence-corrected chi connectivity index (χ2v) is 9.99. The zero-order chi connectivity index (χ0) is 24.0. The Morgan fingerprint density at radius 3 is 2.27 bits per heavy atom. The van der Waals surface area contributed by atoms with Crippen molar-refractivity contribution < 1.29 is 27.5 Å². The Morgan fingerprint density at radius 2 is 1.67 bits per heavy atom. The van der Waals surface area contributed by atoms with E-state index in [0.29, 0.717) is 48.2 Å². The molecule has 1 aliphatic heterocycles. The van der Waals surface area contributed by atoms with Crippen molar-refractivity contribution in [3.63, 3.8) is 0 Å². The van der Waals surface area contributed by atoms with Gasteiger partial charge in [0.05, 0.1) is 18.6 Å². The van der Waals surface area contributed by atoms with Crippen LogP contribution < -0.4 is 9.47 Å². The van der Waals surface area contributed by atoms with Crippen molar-refractivity contribution in [2.75, 3.05) is 39.9 Å². The Morgan fingerprint density at radius 1 is 1.00 bits per heavy atom. The molecule has 0 aromatic heterocycles. The number of rotatable bonds is 9. The number of piperazine rings is 1. The van der Waals surface area contributed by atoms with Gasteiger partial charge in [-0.2, -0.15) is 4.31 Å². The third kappa shape index (κ3) is 6.25. The monoisotopic (exact) mass is 494 g/mol. The van der Waals surface area contributed by atoms with Crippen LogP contribution in [0, 0.1) is 0 Å². The number of benzene rings is 2. The van der Waals surface area contributed by atoms with Gasteiger partial charge in [-0.25, -0.2) is 8.42 Å². The molecule has 1 saturated heterocycles. The molecule has 0 N–H and O–H groups in total. The maximum absolute atomic E-state index is 12.8.